The highest BCUT2D eigenvalue weighted by atomic mass is 19.2. The van der Waals surface area contributed by atoms with Crippen LogP contribution in [-0.2, 0) is 4.79 Å². The van der Waals surface area contributed by atoms with E-state index in [1.54, 1.807) is 6.07 Å². The predicted molar refractivity (Wildman–Crippen MR) is 81.3 cm³/mol. The van der Waals surface area contributed by atoms with E-state index in [0.29, 0.717) is 6.54 Å². The lowest BCUT2D eigenvalue weighted by Crippen LogP contribution is -2.37. The van der Waals surface area contributed by atoms with Crippen LogP contribution in [0.2, 0.25) is 0 Å². The van der Waals surface area contributed by atoms with Crippen LogP contribution in [0.5, 0.6) is 0 Å². The lowest BCUT2D eigenvalue weighted by atomic mass is 10.3. The van der Waals surface area contributed by atoms with E-state index in [-0.39, 0.29) is 24.7 Å². The first-order valence-electron chi connectivity index (χ1n) is 7.13. The summed E-state index contributed by atoms with van der Waals surface area (Å²) < 4.78 is 26.3. The molecule has 1 fully saturated rings. The molecule has 1 N–H and O–H groups in total. The van der Waals surface area contributed by atoms with E-state index >= 15 is 0 Å². The molecule has 1 aromatic carbocycles. The molecule has 0 radical (unpaired) electrons. The van der Waals surface area contributed by atoms with E-state index in [1.165, 1.54) is 28.3 Å². The number of rotatable bonds is 4. The summed E-state index contributed by atoms with van der Waals surface area (Å²) in [6.45, 7) is 0.386. The summed E-state index contributed by atoms with van der Waals surface area (Å²) in [6, 6.07) is 4.39. The monoisotopic (exact) mass is 333 g/mol. The maximum Gasteiger partial charge on any atom is 0.325 e. The molecule has 3 rings (SSSR count). The van der Waals surface area contributed by atoms with Crippen molar-refractivity contribution in [2.24, 2.45) is 0 Å². The molecule has 9 heteroatoms. The highest BCUT2D eigenvalue weighted by Crippen LogP contribution is 2.22. The van der Waals surface area contributed by atoms with Crippen molar-refractivity contribution < 1.29 is 18.4 Å². The Balaban J connectivity index is 1.63. The number of amides is 3. The minimum Gasteiger partial charge on any atom is -0.313 e. The van der Waals surface area contributed by atoms with E-state index in [9.17, 15) is 18.4 Å². The van der Waals surface area contributed by atoms with Crippen molar-refractivity contribution in [3.8, 4) is 0 Å². The van der Waals surface area contributed by atoms with Crippen LogP contribution >= 0.6 is 0 Å². The molecule has 0 saturated carbocycles. The molecule has 0 atom stereocenters. The Bertz CT molecular complexity index is 772. The first-order valence-corrected chi connectivity index (χ1v) is 7.13. The van der Waals surface area contributed by atoms with E-state index in [4.69, 9.17) is 0 Å². The minimum absolute atomic E-state index is 0.145. The van der Waals surface area contributed by atoms with Crippen molar-refractivity contribution in [1.82, 2.24) is 14.9 Å². The van der Waals surface area contributed by atoms with E-state index in [1.807, 2.05) is 0 Å². The summed E-state index contributed by atoms with van der Waals surface area (Å²) in [6.07, 6.45) is 2.96. The number of hydrogen-bond acceptors (Lipinski definition) is 4. The van der Waals surface area contributed by atoms with Crippen LogP contribution < -0.4 is 10.2 Å². The topological polar surface area (TPSA) is 78.4 Å². The summed E-state index contributed by atoms with van der Waals surface area (Å²) in [5.74, 6) is -2.31. The minimum atomic E-state index is -1.03. The van der Waals surface area contributed by atoms with Gasteiger partial charge in [-0.25, -0.2) is 23.5 Å². The fourth-order valence-corrected chi connectivity index (χ4v) is 2.32. The Morgan fingerprint density at radius 3 is 2.62 bits per heavy atom. The molecule has 7 nitrogen and oxygen atoms in total. The molecular formula is C15H13F2N5O2. The Labute approximate surface area is 135 Å². The number of hydrogen-bond donors (Lipinski definition) is 1. The number of nitrogens with zero attached hydrogens (tertiary/aromatic N) is 4. The van der Waals surface area contributed by atoms with Gasteiger partial charge < -0.3 is 4.90 Å². The van der Waals surface area contributed by atoms with Crippen LogP contribution in [-0.4, -0.2) is 46.4 Å². The molecule has 3 amide bonds. The van der Waals surface area contributed by atoms with Crippen LogP contribution in [0.4, 0.5) is 25.2 Å². The molecule has 1 aliphatic rings. The Morgan fingerprint density at radius 2 is 1.92 bits per heavy atom. The van der Waals surface area contributed by atoms with Gasteiger partial charge >= 0.3 is 6.03 Å². The van der Waals surface area contributed by atoms with Gasteiger partial charge in [-0.3, -0.25) is 15.0 Å². The predicted octanol–water partition coefficient (Wildman–Crippen LogP) is 1.64. The van der Waals surface area contributed by atoms with Crippen molar-refractivity contribution in [2.45, 2.75) is 0 Å². The SMILES string of the molecule is O=C(CN1CCN(c2ccc(F)c(F)c2)C1=O)Nc1ncccn1. The average Bonchev–Trinajstić information content (AvgIpc) is 2.92. The highest BCUT2D eigenvalue weighted by Gasteiger charge is 2.31. The average molecular weight is 333 g/mol. The van der Waals surface area contributed by atoms with Gasteiger partial charge in [0.2, 0.25) is 11.9 Å². The van der Waals surface area contributed by atoms with Crippen LogP contribution in [0.25, 0.3) is 0 Å². The van der Waals surface area contributed by atoms with Crippen molar-refractivity contribution >= 4 is 23.6 Å². The summed E-state index contributed by atoms with van der Waals surface area (Å²) in [5, 5.41) is 2.48. The second-order valence-corrected chi connectivity index (χ2v) is 5.07. The summed E-state index contributed by atoms with van der Waals surface area (Å²) in [5.41, 5.74) is 0.244. The largest absolute Gasteiger partial charge is 0.325 e. The molecule has 1 aromatic heterocycles. The Kier molecular flexibility index (Phi) is 4.32. The van der Waals surface area contributed by atoms with Crippen LogP contribution in [0.3, 0.4) is 0 Å². The second-order valence-electron chi connectivity index (χ2n) is 5.07. The van der Waals surface area contributed by atoms with Gasteiger partial charge in [-0.1, -0.05) is 0 Å². The maximum absolute atomic E-state index is 13.3. The van der Waals surface area contributed by atoms with Crippen LogP contribution in [0.1, 0.15) is 0 Å². The van der Waals surface area contributed by atoms with E-state index < -0.39 is 23.6 Å². The first kappa shape index (κ1) is 15.8. The smallest absolute Gasteiger partial charge is 0.313 e. The van der Waals surface area contributed by atoms with Gasteiger partial charge in [0.05, 0.1) is 0 Å². The maximum atomic E-state index is 13.3. The standard InChI is InChI=1S/C15H13F2N5O2/c16-11-3-2-10(8-12(11)17)22-7-6-21(15(22)24)9-13(23)20-14-18-4-1-5-19-14/h1-5,8H,6-7,9H2,(H,18,19,20,23). The molecule has 2 heterocycles. The van der Waals surface area contributed by atoms with Crippen molar-refractivity contribution in [1.29, 1.82) is 0 Å². The van der Waals surface area contributed by atoms with Crippen LogP contribution in [0, 0.1) is 11.6 Å². The number of anilines is 2. The third-order valence-electron chi connectivity index (χ3n) is 3.46. The lowest BCUT2D eigenvalue weighted by Gasteiger charge is -2.18. The summed E-state index contributed by atoms with van der Waals surface area (Å²) in [4.78, 5) is 34.6. The van der Waals surface area contributed by atoms with Crippen LogP contribution in [0.15, 0.2) is 36.7 Å². The third kappa shape index (κ3) is 3.29. The Morgan fingerprint density at radius 1 is 1.17 bits per heavy atom. The van der Waals surface area contributed by atoms with Gasteiger partial charge in [-0.05, 0) is 18.2 Å². The van der Waals surface area contributed by atoms with Gasteiger partial charge in [0.15, 0.2) is 11.6 Å². The molecule has 0 spiro atoms. The van der Waals surface area contributed by atoms with E-state index in [2.05, 4.69) is 15.3 Å². The second kappa shape index (κ2) is 6.57. The first-order chi connectivity index (χ1) is 11.5. The normalized spacial score (nSPS) is 14.2. The zero-order valence-corrected chi connectivity index (χ0v) is 12.4. The zero-order chi connectivity index (χ0) is 17.1. The molecule has 1 aliphatic heterocycles. The number of halogens is 2. The number of carbonyl (C=O) groups is 2. The molecular weight excluding hydrogens is 320 g/mol. The van der Waals surface area contributed by atoms with Gasteiger partial charge in [0.1, 0.15) is 6.54 Å². The van der Waals surface area contributed by atoms with E-state index in [0.717, 1.165) is 12.1 Å². The van der Waals surface area contributed by atoms with Gasteiger partial charge in [0, 0.05) is 37.2 Å². The molecule has 0 unspecified atom stereocenters. The molecule has 0 aliphatic carbocycles. The highest BCUT2D eigenvalue weighted by molar-refractivity contribution is 5.98. The van der Waals surface area contributed by atoms with Crippen molar-refractivity contribution in [3.63, 3.8) is 0 Å². The molecule has 2 aromatic rings. The summed E-state index contributed by atoms with van der Waals surface area (Å²) >= 11 is 0. The quantitative estimate of drug-likeness (QED) is 0.922. The lowest BCUT2D eigenvalue weighted by molar-refractivity contribution is -0.116. The number of carbonyl (C=O) groups excluding carboxylic acids is 2. The van der Waals surface area contributed by atoms with Crippen molar-refractivity contribution in [3.05, 3.63) is 48.3 Å². The fourth-order valence-electron chi connectivity index (χ4n) is 2.32. The fraction of sp³-hybridized carbons (Fsp3) is 0.200. The third-order valence-corrected chi connectivity index (χ3v) is 3.46. The molecule has 1 saturated heterocycles. The van der Waals surface area contributed by atoms with Gasteiger partial charge in [-0.2, -0.15) is 0 Å². The van der Waals surface area contributed by atoms with Gasteiger partial charge in [0.25, 0.3) is 0 Å². The number of benzene rings is 1. The summed E-state index contributed by atoms with van der Waals surface area (Å²) in [7, 11) is 0. The number of urea groups is 1. The van der Waals surface area contributed by atoms with Gasteiger partial charge in [-0.15, -0.1) is 0 Å². The van der Waals surface area contributed by atoms with Crippen molar-refractivity contribution in [2.75, 3.05) is 29.9 Å². The molecule has 24 heavy (non-hydrogen) atoms. The zero-order valence-electron chi connectivity index (χ0n) is 12.4. The molecule has 124 valence electrons. The Hall–Kier alpha value is -3.10. The number of nitrogens with one attached hydrogen (secondary N) is 1. The molecule has 0 bridgehead atoms. The number of aromatic nitrogens is 2.